The molecular formula is C22H22N2O5. The first kappa shape index (κ1) is 20.2. The van der Waals surface area contributed by atoms with Gasteiger partial charge in [-0.15, -0.1) is 0 Å². The Hall–Kier alpha value is -3.50. The number of esters is 1. The number of methoxy groups -OCH3 is 1. The van der Waals surface area contributed by atoms with E-state index in [1.165, 1.54) is 7.11 Å². The molecule has 3 aromatic rings. The lowest BCUT2D eigenvalue weighted by Crippen LogP contribution is -2.10. The number of benzene rings is 2. The zero-order valence-corrected chi connectivity index (χ0v) is 16.6. The van der Waals surface area contributed by atoms with Crippen molar-refractivity contribution in [3.05, 3.63) is 53.7 Å². The maximum absolute atomic E-state index is 12.2. The van der Waals surface area contributed by atoms with Gasteiger partial charge in [-0.05, 0) is 44.2 Å². The van der Waals surface area contributed by atoms with Crippen molar-refractivity contribution in [1.29, 1.82) is 5.26 Å². The van der Waals surface area contributed by atoms with Gasteiger partial charge in [0.1, 0.15) is 23.1 Å². The van der Waals surface area contributed by atoms with E-state index in [-0.39, 0.29) is 13.4 Å². The zero-order valence-electron chi connectivity index (χ0n) is 16.6. The largest absolute Gasteiger partial charge is 0.494 e. The van der Waals surface area contributed by atoms with Crippen molar-refractivity contribution in [2.24, 2.45) is 0 Å². The maximum atomic E-state index is 12.2. The van der Waals surface area contributed by atoms with E-state index >= 15 is 0 Å². The molecule has 0 fully saturated rings. The molecule has 7 nitrogen and oxygen atoms in total. The average Bonchev–Trinajstić information content (AvgIpc) is 3.10. The van der Waals surface area contributed by atoms with Crippen LogP contribution in [0.25, 0.3) is 16.6 Å². The quantitative estimate of drug-likeness (QED) is 0.423. The predicted octanol–water partition coefficient (Wildman–Crippen LogP) is 4.06. The summed E-state index contributed by atoms with van der Waals surface area (Å²) in [5.41, 5.74) is 2.41. The van der Waals surface area contributed by atoms with Crippen molar-refractivity contribution in [1.82, 2.24) is 4.57 Å². The molecule has 0 unspecified atom stereocenters. The highest BCUT2D eigenvalue weighted by atomic mass is 16.7. The molecule has 0 bridgehead atoms. The van der Waals surface area contributed by atoms with Gasteiger partial charge in [0.2, 0.25) is 0 Å². The lowest BCUT2D eigenvalue weighted by atomic mass is 10.1. The second-order valence-electron chi connectivity index (χ2n) is 6.09. The number of carbonyl (C=O) groups is 1. The van der Waals surface area contributed by atoms with Crippen LogP contribution in [0.3, 0.4) is 0 Å². The van der Waals surface area contributed by atoms with E-state index in [0.717, 1.165) is 16.6 Å². The number of rotatable bonds is 8. The SMILES string of the molecule is CCOC(=O)c1ccc(-n2cc(C#N)c3cc(OCC)ccc32)cc1OCOC. The number of carbonyl (C=O) groups excluding carboxylic acids is 1. The Morgan fingerprint density at radius 1 is 1.10 bits per heavy atom. The molecule has 7 heteroatoms. The third-order valence-corrected chi connectivity index (χ3v) is 4.28. The summed E-state index contributed by atoms with van der Waals surface area (Å²) in [5.74, 6) is 0.576. The summed E-state index contributed by atoms with van der Waals surface area (Å²) in [7, 11) is 1.50. The molecule has 0 atom stereocenters. The summed E-state index contributed by atoms with van der Waals surface area (Å²) < 4.78 is 23.1. The van der Waals surface area contributed by atoms with Gasteiger partial charge >= 0.3 is 5.97 Å². The highest BCUT2D eigenvalue weighted by molar-refractivity contribution is 5.93. The molecule has 150 valence electrons. The van der Waals surface area contributed by atoms with Crippen molar-refractivity contribution in [2.45, 2.75) is 13.8 Å². The fourth-order valence-corrected chi connectivity index (χ4v) is 3.05. The van der Waals surface area contributed by atoms with E-state index in [4.69, 9.17) is 18.9 Å². The van der Waals surface area contributed by atoms with Crippen LogP contribution >= 0.6 is 0 Å². The average molecular weight is 394 g/mol. The van der Waals surface area contributed by atoms with Crippen molar-refractivity contribution < 1.29 is 23.7 Å². The van der Waals surface area contributed by atoms with Crippen molar-refractivity contribution in [2.75, 3.05) is 27.1 Å². The van der Waals surface area contributed by atoms with Crippen LogP contribution in [-0.2, 0) is 9.47 Å². The molecule has 3 rings (SSSR count). The van der Waals surface area contributed by atoms with Crippen LogP contribution in [0.1, 0.15) is 29.8 Å². The van der Waals surface area contributed by atoms with Crippen LogP contribution in [0.5, 0.6) is 11.5 Å². The van der Waals surface area contributed by atoms with Gasteiger partial charge in [0, 0.05) is 30.4 Å². The van der Waals surface area contributed by atoms with Crippen LogP contribution in [0, 0.1) is 11.3 Å². The smallest absolute Gasteiger partial charge is 0.341 e. The van der Waals surface area contributed by atoms with Gasteiger partial charge < -0.3 is 23.5 Å². The molecule has 0 aliphatic heterocycles. The van der Waals surface area contributed by atoms with Gasteiger partial charge in [0.25, 0.3) is 0 Å². The van der Waals surface area contributed by atoms with Gasteiger partial charge in [-0.25, -0.2) is 4.79 Å². The van der Waals surface area contributed by atoms with E-state index < -0.39 is 5.97 Å². The third kappa shape index (κ3) is 4.18. The Labute approximate surface area is 169 Å². The highest BCUT2D eigenvalue weighted by Crippen LogP contribution is 2.31. The molecule has 0 saturated carbocycles. The maximum Gasteiger partial charge on any atom is 0.341 e. The normalized spacial score (nSPS) is 10.6. The highest BCUT2D eigenvalue weighted by Gasteiger charge is 2.17. The summed E-state index contributed by atoms with van der Waals surface area (Å²) in [6, 6.07) is 13.0. The van der Waals surface area contributed by atoms with E-state index in [1.807, 2.05) is 29.7 Å². The molecule has 1 heterocycles. The van der Waals surface area contributed by atoms with E-state index in [0.29, 0.717) is 29.2 Å². The van der Waals surface area contributed by atoms with E-state index in [1.54, 1.807) is 31.3 Å². The fourth-order valence-electron chi connectivity index (χ4n) is 3.05. The van der Waals surface area contributed by atoms with E-state index in [9.17, 15) is 10.1 Å². The Bertz CT molecular complexity index is 1060. The summed E-state index contributed by atoms with van der Waals surface area (Å²) >= 11 is 0. The standard InChI is InChI=1S/C22H22N2O5/c1-4-27-17-7-9-20-19(11-17)15(12-23)13-24(20)16-6-8-18(22(25)28-5-2)21(10-16)29-14-26-3/h6-11,13H,4-5,14H2,1-3H3. The van der Waals surface area contributed by atoms with E-state index in [2.05, 4.69) is 6.07 Å². The Kier molecular flexibility index (Phi) is 6.37. The third-order valence-electron chi connectivity index (χ3n) is 4.28. The van der Waals surface area contributed by atoms with Gasteiger partial charge in [-0.3, -0.25) is 0 Å². The summed E-state index contributed by atoms with van der Waals surface area (Å²) in [6.45, 7) is 4.45. The molecule has 0 aliphatic rings. The van der Waals surface area contributed by atoms with Gasteiger partial charge in [-0.2, -0.15) is 5.26 Å². The minimum absolute atomic E-state index is 0.0105. The molecule has 2 aromatic carbocycles. The van der Waals surface area contributed by atoms with Crippen molar-refractivity contribution in [3.63, 3.8) is 0 Å². The molecule has 0 saturated heterocycles. The number of aromatic nitrogens is 1. The fraction of sp³-hybridized carbons (Fsp3) is 0.273. The lowest BCUT2D eigenvalue weighted by Gasteiger charge is -2.13. The second kappa shape index (κ2) is 9.13. The Morgan fingerprint density at radius 3 is 2.62 bits per heavy atom. The van der Waals surface area contributed by atoms with Crippen LogP contribution in [0.2, 0.25) is 0 Å². The minimum Gasteiger partial charge on any atom is -0.494 e. The zero-order chi connectivity index (χ0) is 20.8. The Balaban J connectivity index is 2.11. The minimum atomic E-state index is -0.471. The van der Waals surface area contributed by atoms with Crippen LogP contribution in [0.4, 0.5) is 0 Å². The molecule has 0 spiro atoms. The predicted molar refractivity (Wildman–Crippen MR) is 108 cm³/mol. The Morgan fingerprint density at radius 2 is 1.93 bits per heavy atom. The first-order valence-corrected chi connectivity index (χ1v) is 9.24. The molecular weight excluding hydrogens is 372 g/mol. The lowest BCUT2D eigenvalue weighted by molar-refractivity contribution is 0.0438. The van der Waals surface area contributed by atoms with Crippen LogP contribution < -0.4 is 9.47 Å². The monoisotopic (exact) mass is 394 g/mol. The molecule has 0 aliphatic carbocycles. The molecule has 1 aromatic heterocycles. The van der Waals surface area contributed by atoms with Gasteiger partial charge in [0.15, 0.2) is 6.79 Å². The topological polar surface area (TPSA) is 82.7 Å². The van der Waals surface area contributed by atoms with Crippen LogP contribution in [-0.4, -0.2) is 37.7 Å². The summed E-state index contributed by atoms with van der Waals surface area (Å²) in [4.78, 5) is 12.2. The molecule has 0 radical (unpaired) electrons. The van der Waals surface area contributed by atoms with Gasteiger partial charge in [0.05, 0.1) is 24.3 Å². The molecule has 29 heavy (non-hydrogen) atoms. The number of hydrogen-bond donors (Lipinski definition) is 0. The van der Waals surface area contributed by atoms with Gasteiger partial charge in [-0.1, -0.05) is 0 Å². The molecule has 0 N–H and O–H groups in total. The number of fused-ring (bicyclic) bond motifs is 1. The number of hydrogen-bond acceptors (Lipinski definition) is 6. The first-order valence-electron chi connectivity index (χ1n) is 9.24. The van der Waals surface area contributed by atoms with Crippen LogP contribution in [0.15, 0.2) is 42.6 Å². The summed E-state index contributed by atoms with van der Waals surface area (Å²) in [5, 5.41) is 10.3. The number of nitrogens with zero attached hydrogens (tertiary/aromatic N) is 2. The van der Waals surface area contributed by atoms with Crippen molar-refractivity contribution in [3.8, 4) is 23.3 Å². The second-order valence-corrected chi connectivity index (χ2v) is 6.09. The molecule has 0 amide bonds. The summed E-state index contributed by atoms with van der Waals surface area (Å²) in [6.07, 6.45) is 1.75. The number of ether oxygens (including phenoxy) is 4. The first-order chi connectivity index (χ1) is 14.1. The number of nitriles is 1. The van der Waals surface area contributed by atoms with Crippen molar-refractivity contribution >= 4 is 16.9 Å².